The second kappa shape index (κ2) is 6.56. The van der Waals surface area contributed by atoms with Crippen LogP contribution in [0.2, 0.25) is 0 Å². The second-order valence-electron chi connectivity index (χ2n) is 5.27. The third-order valence-corrected chi connectivity index (χ3v) is 3.85. The van der Waals surface area contributed by atoms with E-state index in [0.717, 1.165) is 31.7 Å². The van der Waals surface area contributed by atoms with Crippen LogP contribution in [0.15, 0.2) is 18.2 Å². The molecule has 2 rings (SSSR count). The van der Waals surface area contributed by atoms with E-state index in [1.165, 1.54) is 19.2 Å². The Balaban J connectivity index is 2.19. The van der Waals surface area contributed by atoms with E-state index in [0.29, 0.717) is 0 Å². The highest BCUT2D eigenvalue weighted by Crippen LogP contribution is 2.38. The lowest BCUT2D eigenvalue weighted by Crippen LogP contribution is -2.31. The molecule has 0 saturated heterocycles. The van der Waals surface area contributed by atoms with Gasteiger partial charge in [-0.25, -0.2) is 0 Å². The fourth-order valence-corrected chi connectivity index (χ4v) is 2.72. The summed E-state index contributed by atoms with van der Waals surface area (Å²) in [6, 6.07) is 3.99. The van der Waals surface area contributed by atoms with Gasteiger partial charge in [-0.15, -0.1) is 0 Å². The van der Waals surface area contributed by atoms with Crippen LogP contribution in [0.25, 0.3) is 0 Å². The van der Waals surface area contributed by atoms with Crippen LogP contribution in [0, 0.1) is 0 Å². The van der Waals surface area contributed by atoms with Gasteiger partial charge in [-0.1, -0.05) is 0 Å². The largest absolute Gasteiger partial charge is 0.497 e. The summed E-state index contributed by atoms with van der Waals surface area (Å²) in [5, 5.41) is 3.02. The predicted molar refractivity (Wildman–Crippen MR) is 74.7 cm³/mol. The number of nitrogens with one attached hydrogen (secondary N) is 1. The zero-order chi connectivity index (χ0) is 15.5. The average Bonchev–Trinajstić information content (AvgIpc) is 2.46. The molecule has 3 nitrogen and oxygen atoms in total. The molecule has 118 valence electrons. The third-order valence-electron chi connectivity index (χ3n) is 3.85. The first-order valence-electron chi connectivity index (χ1n) is 6.98. The van der Waals surface area contributed by atoms with Gasteiger partial charge in [-0.3, -0.25) is 0 Å². The van der Waals surface area contributed by atoms with Crippen LogP contribution in [-0.4, -0.2) is 26.4 Å². The molecule has 0 spiro atoms. The zero-order valence-corrected chi connectivity index (χ0v) is 12.2. The lowest BCUT2D eigenvalue weighted by atomic mass is 9.92. The van der Waals surface area contributed by atoms with Crippen molar-refractivity contribution in [3.05, 3.63) is 23.8 Å². The molecule has 0 heterocycles. The monoisotopic (exact) mass is 303 g/mol. The van der Waals surface area contributed by atoms with Gasteiger partial charge in [0.1, 0.15) is 5.75 Å². The SMILES string of the molecule is COc1ccc(NC2CCCC(OC)C2)c(C(F)(F)F)c1. The Labute approximate surface area is 122 Å². The van der Waals surface area contributed by atoms with Gasteiger partial charge >= 0.3 is 6.18 Å². The highest BCUT2D eigenvalue weighted by atomic mass is 19.4. The molecule has 2 atom stereocenters. The molecule has 0 amide bonds. The highest BCUT2D eigenvalue weighted by Gasteiger charge is 2.35. The van der Waals surface area contributed by atoms with Crippen molar-refractivity contribution in [2.75, 3.05) is 19.5 Å². The lowest BCUT2D eigenvalue weighted by molar-refractivity contribution is -0.137. The van der Waals surface area contributed by atoms with Crippen molar-refractivity contribution in [2.45, 2.75) is 44.0 Å². The topological polar surface area (TPSA) is 30.5 Å². The van der Waals surface area contributed by atoms with E-state index < -0.39 is 11.7 Å². The quantitative estimate of drug-likeness (QED) is 0.909. The maximum atomic E-state index is 13.1. The summed E-state index contributed by atoms with van der Waals surface area (Å²) < 4.78 is 49.6. The summed E-state index contributed by atoms with van der Waals surface area (Å²) >= 11 is 0. The van der Waals surface area contributed by atoms with Crippen LogP contribution in [0.3, 0.4) is 0 Å². The van der Waals surface area contributed by atoms with Crippen molar-refractivity contribution in [3.8, 4) is 5.75 Å². The predicted octanol–water partition coefficient (Wildman–Crippen LogP) is 4.08. The van der Waals surface area contributed by atoms with Gasteiger partial charge in [0.15, 0.2) is 0 Å². The molecule has 1 fully saturated rings. The molecule has 0 aliphatic heterocycles. The summed E-state index contributed by atoms with van der Waals surface area (Å²) in [5.74, 6) is 0.200. The Kier molecular flexibility index (Phi) is 4.98. The van der Waals surface area contributed by atoms with Crippen LogP contribution in [-0.2, 0) is 10.9 Å². The molecular weight excluding hydrogens is 283 g/mol. The molecule has 21 heavy (non-hydrogen) atoms. The Morgan fingerprint density at radius 2 is 1.95 bits per heavy atom. The van der Waals surface area contributed by atoms with Crippen molar-refractivity contribution in [1.82, 2.24) is 0 Å². The number of anilines is 1. The van der Waals surface area contributed by atoms with Gasteiger partial charge in [0.05, 0.1) is 18.8 Å². The lowest BCUT2D eigenvalue weighted by Gasteiger charge is -2.30. The van der Waals surface area contributed by atoms with Crippen molar-refractivity contribution in [3.63, 3.8) is 0 Å². The van der Waals surface area contributed by atoms with Gasteiger partial charge in [0.25, 0.3) is 0 Å². The zero-order valence-electron chi connectivity index (χ0n) is 12.2. The van der Waals surface area contributed by atoms with E-state index in [4.69, 9.17) is 9.47 Å². The number of alkyl halides is 3. The Morgan fingerprint density at radius 3 is 2.57 bits per heavy atom. The van der Waals surface area contributed by atoms with Crippen LogP contribution < -0.4 is 10.1 Å². The van der Waals surface area contributed by atoms with E-state index in [9.17, 15) is 13.2 Å². The van der Waals surface area contributed by atoms with Crippen molar-refractivity contribution in [1.29, 1.82) is 0 Å². The summed E-state index contributed by atoms with van der Waals surface area (Å²) in [6.45, 7) is 0. The molecule has 1 N–H and O–H groups in total. The number of halogens is 3. The van der Waals surface area contributed by atoms with Crippen molar-refractivity contribution < 1.29 is 22.6 Å². The van der Waals surface area contributed by atoms with Gasteiger partial charge < -0.3 is 14.8 Å². The minimum absolute atomic E-state index is 0.00167. The first-order valence-corrected chi connectivity index (χ1v) is 6.98. The van der Waals surface area contributed by atoms with E-state index in [2.05, 4.69) is 5.32 Å². The Hall–Kier alpha value is -1.43. The summed E-state index contributed by atoms with van der Waals surface area (Å²) in [4.78, 5) is 0. The van der Waals surface area contributed by atoms with Gasteiger partial charge in [-0.2, -0.15) is 13.2 Å². The summed E-state index contributed by atoms with van der Waals surface area (Å²) in [7, 11) is 2.99. The minimum Gasteiger partial charge on any atom is -0.497 e. The fourth-order valence-electron chi connectivity index (χ4n) is 2.72. The van der Waals surface area contributed by atoms with E-state index in [1.807, 2.05) is 0 Å². The molecule has 0 aromatic heterocycles. The van der Waals surface area contributed by atoms with Crippen molar-refractivity contribution >= 4 is 5.69 Å². The van der Waals surface area contributed by atoms with Crippen molar-refractivity contribution in [2.24, 2.45) is 0 Å². The van der Waals surface area contributed by atoms with Gasteiger partial charge in [0.2, 0.25) is 0 Å². The number of benzene rings is 1. The van der Waals surface area contributed by atoms with Crippen LogP contribution in [0.5, 0.6) is 5.75 Å². The first kappa shape index (κ1) is 15.9. The highest BCUT2D eigenvalue weighted by molar-refractivity contribution is 5.56. The number of methoxy groups -OCH3 is 2. The van der Waals surface area contributed by atoms with E-state index in [-0.39, 0.29) is 23.6 Å². The molecular formula is C15H20F3NO2. The number of hydrogen-bond acceptors (Lipinski definition) is 3. The maximum absolute atomic E-state index is 13.1. The normalized spacial score (nSPS) is 22.9. The number of rotatable bonds is 4. The Morgan fingerprint density at radius 1 is 1.19 bits per heavy atom. The smallest absolute Gasteiger partial charge is 0.418 e. The molecule has 1 aliphatic rings. The maximum Gasteiger partial charge on any atom is 0.418 e. The molecule has 0 bridgehead atoms. The minimum atomic E-state index is -4.41. The van der Waals surface area contributed by atoms with E-state index >= 15 is 0 Å². The number of hydrogen-bond donors (Lipinski definition) is 1. The molecule has 1 saturated carbocycles. The molecule has 6 heteroatoms. The van der Waals surface area contributed by atoms with Crippen LogP contribution in [0.1, 0.15) is 31.2 Å². The Bertz CT molecular complexity index is 476. The van der Waals surface area contributed by atoms with Crippen LogP contribution >= 0.6 is 0 Å². The third kappa shape index (κ3) is 4.03. The average molecular weight is 303 g/mol. The molecule has 2 unspecified atom stereocenters. The standard InChI is InChI=1S/C15H20F3NO2/c1-20-11-5-3-4-10(8-11)19-14-7-6-12(21-2)9-13(14)15(16,17)18/h6-7,9-11,19H,3-5,8H2,1-2H3. The summed E-state index contributed by atoms with van der Waals surface area (Å²) in [6.07, 6.45) is -0.810. The van der Waals surface area contributed by atoms with Gasteiger partial charge in [-0.05, 0) is 43.9 Å². The molecule has 0 radical (unpaired) electrons. The number of ether oxygens (including phenoxy) is 2. The molecule has 1 aliphatic carbocycles. The summed E-state index contributed by atoms with van der Waals surface area (Å²) in [5.41, 5.74) is -0.591. The first-order chi connectivity index (χ1) is 9.94. The van der Waals surface area contributed by atoms with Gasteiger partial charge in [0, 0.05) is 18.8 Å². The second-order valence-corrected chi connectivity index (χ2v) is 5.27. The fraction of sp³-hybridized carbons (Fsp3) is 0.600. The molecule has 1 aromatic carbocycles. The van der Waals surface area contributed by atoms with E-state index in [1.54, 1.807) is 7.11 Å². The van der Waals surface area contributed by atoms with Crippen LogP contribution in [0.4, 0.5) is 18.9 Å². The molecule has 1 aromatic rings.